The summed E-state index contributed by atoms with van der Waals surface area (Å²) in [6.07, 6.45) is 0.697. The lowest BCUT2D eigenvalue weighted by atomic mass is 9.90. The first-order chi connectivity index (χ1) is 22.5. The van der Waals surface area contributed by atoms with Gasteiger partial charge in [0.2, 0.25) is 11.9 Å². The fourth-order valence-corrected chi connectivity index (χ4v) is 6.35. The van der Waals surface area contributed by atoms with Gasteiger partial charge in [-0.3, -0.25) is 14.5 Å². The number of piperidine rings is 1. The summed E-state index contributed by atoms with van der Waals surface area (Å²) in [5.41, 5.74) is -0.204. The van der Waals surface area contributed by atoms with Crippen molar-refractivity contribution in [3.05, 3.63) is 35.5 Å². The van der Waals surface area contributed by atoms with Crippen LogP contribution in [0.15, 0.2) is 24.4 Å². The molecular formula is C32H46F3N9O3. The number of piperazine rings is 1. The zero-order valence-corrected chi connectivity index (χ0v) is 27.3. The zero-order chi connectivity index (χ0) is 33.6. The number of alkyl halides is 3. The number of carbonyl (C=O) groups is 2. The molecule has 1 aliphatic carbocycles. The topological polar surface area (TPSA) is 127 Å². The Morgan fingerprint density at radius 2 is 1.62 bits per heavy atom. The van der Waals surface area contributed by atoms with Crippen molar-refractivity contribution >= 4 is 29.3 Å². The van der Waals surface area contributed by atoms with E-state index in [-0.39, 0.29) is 42.2 Å². The molecule has 1 saturated carbocycles. The fourth-order valence-electron chi connectivity index (χ4n) is 6.35. The molecule has 0 spiro atoms. The second kappa shape index (κ2) is 15.5. The van der Waals surface area contributed by atoms with E-state index in [1.165, 1.54) is 7.11 Å². The molecule has 1 aromatic carbocycles. The summed E-state index contributed by atoms with van der Waals surface area (Å²) in [7, 11) is 5.54. The number of hydrogen-bond donors (Lipinski definition) is 4. The molecular weight excluding hydrogens is 615 g/mol. The van der Waals surface area contributed by atoms with Crippen LogP contribution in [0.4, 0.5) is 30.6 Å². The second-order valence-corrected chi connectivity index (χ2v) is 12.8. The van der Waals surface area contributed by atoms with Crippen molar-refractivity contribution in [2.45, 2.75) is 62.8 Å². The number of likely N-dealkylation sites (tertiary alicyclic amines) is 1. The lowest BCUT2D eigenvalue weighted by Crippen LogP contribution is -2.53. The molecule has 47 heavy (non-hydrogen) atoms. The van der Waals surface area contributed by atoms with Crippen LogP contribution >= 0.6 is 0 Å². The Morgan fingerprint density at radius 3 is 2.30 bits per heavy atom. The number of halogens is 3. The van der Waals surface area contributed by atoms with Gasteiger partial charge in [-0.1, -0.05) is 12.8 Å². The van der Waals surface area contributed by atoms with E-state index in [9.17, 15) is 22.8 Å². The van der Waals surface area contributed by atoms with Crippen molar-refractivity contribution in [2.24, 2.45) is 0 Å². The molecule has 3 fully saturated rings. The molecule has 3 heterocycles. The Bertz CT molecular complexity index is 1380. The zero-order valence-electron chi connectivity index (χ0n) is 27.3. The van der Waals surface area contributed by atoms with Crippen LogP contribution in [0.2, 0.25) is 0 Å². The number of hydrogen-bond acceptors (Lipinski definition) is 10. The standard InChI is InChI=1S/C32H46F3N9O3/c1-42-12-10-22(11-13-42)37-30(46)21-8-9-26(27(18-21)47-3)40-31-36-19-23(32(33,34)35)29(41-31)39-25-7-5-4-6-24(25)38-28(45)20-44-16-14-43(2)15-17-44/h8-9,18-19,22,24-25H,4-7,10-17,20H2,1-3H3,(H,37,46)(H,38,45)(H2,36,39,40,41)/t24-,25-/m1/s1. The summed E-state index contributed by atoms with van der Waals surface area (Å²) in [4.78, 5) is 40.6. The highest BCUT2D eigenvalue weighted by Gasteiger charge is 2.37. The molecule has 5 rings (SSSR count). The predicted octanol–water partition coefficient (Wildman–Crippen LogP) is 3.16. The fraction of sp³-hybridized carbons (Fsp3) is 0.625. The van der Waals surface area contributed by atoms with Crippen molar-refractivity contribution in [2.75, 3.05) is 77.7 Å². The van der Waals surface area contributed by atoms with E-state index >= 15 is 0 Å². The molecule has 4 N–H and O–H groups in total. The Balaban J connectivity index is 1.28. The summed E-state index contributed by atoms with van der Waals surface area (Å²) in [5.74, 6) is -0.485. The number of rotatable bonds is 10. The number of nitrogens with one attached hydrogen (secondary N) is 4. The predicted molar refractivity (Wildman–Crippen MR) is 173 cm³/mol. The molecule has 3 aliphatic rings. The van der Waals surface area contributed by atoms with E-state index in [1.807, 2.05) is 7.05 Å². The third-order valence-electron chi connectivity index (χ3n) is 9.26. The van der Waals surface area contributed by atoms with E-state index < -0.39 is 17.8 Å². The van der Waals surface area contributed by atoms with Gasteiger partial charge in [0.05, 0.1) is 19.3 Å². The molecule has 2 aliphatic heterocycles. The van der Waals surface area contributed by atoms with E-state index in [4.69, 9.17) is 4.74 Å². The minimum atomic E-state index is -4.70. The van der Waals surface area contributed by atoms with Gasteiger partial charge < -0.3 is 35.8 Å². The number of carbonyl (C=O) groups excluding carboxylic acids is 2. The van der Waals surface area contributed by atoms with E-state index in [0.29, 0.717) is 29.8 Å². The summed E-state index contributed by atoms with van der Waals surface area (Å²) in [5, 5.41) is 12.1. The smallest absolute Gasteiger partial charge is 0.421 e. The largest absolute Gasteiger partial charge is 0.495 e. The minimum absolute atomic E-state index is 0.0752. The van der Waals surface area contributed by atoms with Crippen LogP contribution in [-0.4, -0.2) is 122 Å². The Morgan fingerprint density at radius 1 is 0.936 bits per heavy atom. The Labute approximate surface area is 273 Å². The highest BCUT2D eigenvalue weighted by molar-refractivity contribution is 5.95. The maximum atomic E-state index is 14.1. The third-order valence-corrected chi connectivity index (χ3v) is 9.26. The molecule has 12 nitrogen and oxygen atoms in total. The van der Waals surface area contributed by atoms with Crippen molar-refractivity contribution < 1.29 is 27.5 Å². The van der Waals surface area contributed by atoms with Crippen LogP contribution in [0.5, 0.6) is 5.75 Å². The number of likely N-dealkylation sites (N-methyl/N-ethyl adjacent to an activating group) is 1. The van der Waals surface area contributed by atoms with E-state index in [1.54, 1.807) is 18.2 Å². The Hall–Kier alpha value is -3.69. The molecule has 15 heteroatoms. The van der Waals surface area contributed by atoms with Crippen LogP contribution in [0.1, 0.15) is 54.4 Å². The number of anilines is 3. The van der Waals surface area contributed by atoms with Crippen LogP contribution in [0.25, 0.3) is 0 Å². The lowest BCUT2D eigenvalue weighted by molar-refractivity contribution is -0.137. The molecule has 0 radical (unpaired) electrons. The first-order valence-corrected chi connectivity index (χ1v) is 16.3. The van der Waals surface area contributed by atoms with Gasteiger partial charge in [-0.05, 0) is 71.1 Å². The molecule has 258 valence electrons. The van der Waals surface area contributed by atoms with Gasteiger partial charge in [-0.2, -0.15) is 18.2 Å². The average molecular weight is 662 g/mol. The van der Waals surface area contributed by atoms with Gasteiger partial charge in [-0.15, -0.1) is 0 Å². The molecule has 2 atom stereocenters. The van der Waals surface area contributed by atoms with E-state index in [0.717, 1.165) is 71.1 Å². The van der Waals surface area contributed by atoms with E-state index in [2.05, 4.69) is 53.0 Å². The number of amides is 2. The van der Waals surface area contributed by atoms with Gasteiger partial charge in [0.25, 0.3) is 5.91 Å². The highest BCUT2D eigenvalue weighted by atomic mass is 19.4. The van der Waals surface area contributed by atoms with Crippen LogP contribution < -0.4 is 26.0 Å². The Kier molecular flexibility index (Phi) is 11.4. The number of ether oxygens (including phenoxy) is 1. The maximum Gasteiger partial charge on any atom is 0.421 e. The maximum absolute atomic E-state index is 14.1. The number of benzene rings is 1. The monoisotopic (exact) mass is 661 g/mol. The van der Waals surface area contributed by atoms with Crippen molar-refractivity contribution in [1.82, 2.24) is 35.3 Å². The van der Waals surface area contributed by atoms with Crippen LogP contribution in [0, 0.1) is 0 Å². The first-order valence-electron chi connectivity index (χ1n) is 16.3. The van der Waals surface area contributed by atoms with Crippen LogP contribution in [0.3, 0.4) is 0 Å². The molecule has 2 aromatic rings. The van der Waals surface area contributed by atoms with Gasteiger partial charge in [-0.25, -0.2) is 4.98 Å². The molecule has 0 unspecified atom stereocenters. The minimum Gasteiger partial charge on any atom is -0.495 e. The first kappa shape index (κ1) is 34.6. The summed E-state index contributed by atoms with van der Waals surface area (Å²) < 4.78 is 47.8. The summed E-state index contributed by atoms with van der Waals surface area (Å²) in [6, 6.07) is 4.11. The normalized spacial score (nSPS) is 22.0. The molecule has 2 saturated heterocycles. The summed E-state index contributed by atoms with van der Waals surface area (Å²) in [6.45, 7) is 5.43. The molecule has 0 bridgehead atoms. The highest BCUT2D eigenvalue weighted by Crippen LogP contribution is 2.36. The number of nitrogens with zero attached hydrogens (tertiary/aromatic N) is 5. The lowest BCUT2D eigenvalue weighted by Gasteiger charge is -2.35. The van der Waals surface area contributed by atoms with Gasteiger partial charge in [0, 0.05) is 56.1 Å². The van der Waals surface area contributed by atoms with Crippen molar-refractivity contribution in [3.8, 4) is 5.75 Å². The van der Waals surface area contributed by atoms with Crippen LogP contribution in [-0.2, 0) is 11.0 Å². The number of methoxy groups -OCH3 is 1. The van der Waals surface area contributed by atoms with Gasteiger partial charge in [0.1, 0.15) is 17.1 Å². The van der Waals surface area contributed by atoms with Gasteiger partial charge >= 0.3 is 6.18 Å². The average Bonchev–Trinajstić information content (AvgIpc) is 3.04. The third kappa shape index (κ3) is 9.45. The van der Waals surface area contributed by atoms with Crippen molar-refractivity contribution in [1.29, 1.82) is 0 Å². The molecule has 2 amide bonds. The quantitative estimate of drug-likeness (QED) is 0.302. The van der Waals surface area contributed by atoms with Gasteiger partial charge in [0.15, 0.2) is 0 Å². The van der Waals surface area contributed by atoms with Crippen molar-refractivity contribution in [3.63, 3.8) is 0 Å². The SMILES string of the molecule is COc1cc(C(=O)NC2CCN(C)CC2)ccc1Nc1ncc(C(F)(F)F)c(N[C@@H]2CCCC[C@H]2NC(=O)CN2CCN(C)CC2)n1. The number of aromatic nitrogens is 2. The second-order valence-electron chi connectivity index (χ2n) is 12.8. The molecule has 1 aromatic heterocycles. The summed E-state index contributed by atoms with van der Waals surface area (Å²) >= 11 is 0.